The van der Waals surface area contributed by atoms with Crippen molar-refractivity contribution in [3.63, 3.8) is 0 Å². The van der Waals surface area contributed by atoms with Crippen LogP contribution in [0.3, 0.4) is 0 Å². The number of fused-ring (bicyclic) bond motifs is 1. The summed E-state index contributed by atoms with van der Waals surface area (Å²) in [5, 5.41) is 0.711. The molecule has 0 radical (unpaired) electrons. The number of benzene rings is 2. The molecular weight excluding hydrogens is 360 g/mol. The lowest BCUT2D eigenvalue weighted by Gasteiger charge is -2.34. The molecule has 0 amide bonds. The van der Waals surface area contributed by atoms with Crippen LogP contribution in [0.25, 0.3) is 10.9 Å². The summed E-state index contributed by atoms with van der Waals surface area (Å²) in [6.45, 7) is 7.57. The van der Waals surface area contributed by atoms with Crippen LogP contribution in [0.5, 0.6) is 0 Å². The van der Waals surface area contributed by atoms with E-state index in [4.69, 9.17) is 0 Å². The first kappa shape index (κ1) is 19.8. The Bertz CT molecular complexity index is 961. The number of piperazine rings is 1. The van der Waals surface area contributed by atoms with Gasteiger partial charge in [-0.1, -0.05) is 48.9 Å². The molecule has 29 heavy (non-hydrogen) atoms. The van der Waals surface area contributed by atoms with Gasteiger partial charge in [-0.15, -0.1) is 0 Å². The summed E-state index contributed by atoms with van der Waals surface area (Å²) in [5.41, 5.74) is 2.25. The second-order valence-electron chi connectivity index (χ2n) is 7.92. The van der Waals surface area contributed by atoms with Crippen LogP contribution < -0.4 is 5.56 Å². The summed E-state index contributed by atoms with van der Waals surface area (Å²) in [4.78, 5) is 22.0. The van der Waals surface area contributed by atoms with Gasteiger partial charge in [0, 0.05) is 39.3 Å². The number of unbranched alkanes of at least 4 members (excludes halogenated alkanes) is 2. The Hall–Kier alpha value is -2.50. The van der Waals surface area contributed by atoms with Crippen LogP contribution in [0.15, 0.2) is 65.7 Å². The highest BCUT2D eigenvalue weighted by Gasteiger charge is 2.16. The van der Waals surface area contributed by atoms with E-state index in [1.807, 2.05) is 24.3 Å². The van der Waals surface area contributed by atoms with Crippen molar-refractivity contribution in [3.05, 3.63) is 76.8 Å². The zero-order valence-electron chi connectivity index (χ0n) is 17.0. The maximum atomic E-state index is 12.5. The van der Waals surface area contributed by atoms with Gasteiger partial charge in [0.15, 0.2) is 0 Å². The van der Waals surface area contributed by atoms with Crippen molar-refractivity contribution >= 4 is 10.9 Å². The lowest BCUT2D eigenvalue weighted by Crippen LogP contribution is -2.46. The van der Waals surface area contributed by atoms with E-state index >= 15 is 0 Å². The number of aryl methyl sites for hydroxylation is 1. The average molecular weight is 391 g/mol. The van der Waals surface area contributed by atoms with Gasteiger partial charge in [-0.25, -0.2) is 4.98 Å². The Kier molecular flexibility index (Phi) is 6.70. The zero-order chi connectivity index (χ0) is 19.9. The fourth-order valence-corrected chi connectivity index (χ4v) is 4.07. The molecule has 1 aliphatic rings. The molecule has 0 spiro atoms. The van der Waals surface area contributed by atoms with Crippen molar-refractivity contribution in [3.8, 4) is 0 Å². The first-order valence-corrected chi connectivity index (χ1v) is 10.7. The van der Waals surface area contributed by atoms with Crippen molar-refractivity contribution in [2.24, 2.45) is 0 Å². The highest BCUT2D eigenvalue weighted by Crippen LogP contribution is 2.10. The zero-order valence-corrected chi connectivity index (χ0v) is 17.0. The maximum Gasteiger partial charge on any atom is 0.261 e. The summed E-state index contributed by atoms with van der Waals surface area (Å²) in [5.74, 6) is 0. The topological polar surface area (TPSA) is 41.4 Å². The molecule has 1 fully saturated rings. The predicted molar refractivity (Wildman–Crippen MR) is 118 cm³/mol. The Morgan fingerprint density at radius 1 is 0.759 bits per heavy atom. The van der Waals surface area contributed by atoms with Gasteiger partial charge in [-0.2, -0.15) is 0 Å². The highest BCUT2D eigenvalue weighted by atomic mass is 16.1. The number of para-hydroxylation sites is 1. The van der Waals surface area contributed by atoms with Gasteiger partial charge in [0.25, 0.3) is 5.56 Å². The Morgan fingerprint density at radius 3 is 2.28 bits per heavy atom. The van der Waals surface area contributed by atoms with Gasteiger partial charge in [0.05, 0.1) is 17.2 Å². The molecule has 3 aromatic rings. The molecule has 5 nitrogen and oxygen atoms in total. The third kappa shape index (κ3) is 5.31. The lowest BCUT2D eigenvalue weighted by atomic mass is 10.2. The molecule has 1 saturated heterocycles. The molecule has 5 heteroatoms. The molecule has 152 valence electrons. The molecule has 1 aromatic heterocycles. The summed E-state index contributed by atoms with van der Waals surface area (Å²) in [6, 6.07) is 18.3. The Morgan fingerprint density at radius 2 is 1.45 bits per heavy atom. The van der Waals surface area contributed by atoms with Gasteiger partial charge < -0.3 is 4.90 Å². The number of nitrogens with zero attached hydrogens (tertiary/aromatic N) is 4. The van der Waals surface area contributed by atoms with Crippen molar-refractivity contribution in [2.45, 2.75) is 32.4 Å². The molecule has 0 bridgehead atoms. The van der Waals surface area contributed by atoms with Crippen LogP contribution in [-0.2, 0) is 13.1 Å². The highest BCUT2D eigenvalue weighted by molar-refractivity contribution is 5.76. The van der Waals surface area contributed by atoms with Crippen molar-refractivity contribution in [2.75, 3.05) is 32.7 Å². The predicted octanol–water partition coefficient (Wildman–Crippen LogP) is 3.38. The van der Waals surface area contributed by atoms with E-state index < -0.39 is 0 Å². The molecule has 0 N–H and O–H groups in total. The monoisotopic (exact) mass is 390 g/mol. The minimum atomic E-state index is 0.0742. The largest absolute Gasteiger partial charge is 0.301 e. The molecule has 0 aliphatic carbocycles. The van der Waals surface area contributed by atoms with E-state index in [1.165, 1.54) is 12.0 Å². The van der Waals surface area contributed by atoms with Crippen LogP contribution in [-0.4, -0.2) is 52.1 Å². The third-order valence-electron chi connectivity index (χ3n) is 5.82. The summed E-state index contributed by atoms with van der Waals surface area (Å²) >= 11 is 0. The van der Waals surface area contributed by atoms with Crippen LogP contribution in [0.1, 0.15) is 24.8 Å². The van der Waals surface area contributed by atoms with Gasteiger partial charge in [0.2, 0.25) is 0 Å². The molecule has 4 rings (SSSR count). The molecule has 2 aromatic carbocycles. The fourth-order valence-electron chi connectivity index (χ4n) is 4.07. The Balaban J connectivity index is 1.15. The van der Waals surface area contributed by atoms with Crippen LogP contribution in [0.2, 0.25) is 0 Å². The second-order valence-corrected chi connectivity index (χ2v) is 7.92. The van der Waals surface area contributed by atoms with Gasteiger partial charge in [-0.05, 0) is 37.1 Å². The molecule has 0 atom stereocenters. The van der Waals surface area contributed by atoms with Crippen LogP contribution in [0.4, 0.5) is 0 Å². The first-order valence-electron chi connectivity index (χ1n) is 10.7. The van der Waals surface area contributed by atoms with Crippen LogP contribution >= 0.6 is 0 Å². The second kappa shape index (κ2) is 9.81. The van der Waals surface area contributed by atoms with E-state index in [0.717, 1.165) is 64.2 Å². The minimum Gasteiger partial charge on any atom is -0.301 e. The van der Waals surface area contributed by atoms with Crippen molar-refractivity contribution in [1.82, 2.24) is 19.4 Å². The molecule has 2 heterocycles. The number of hydrogen-bond donors (Lipinski definition) is 0. The fraction of sp³-hybridized carbons (Fsp3) is 0.417. The average Bonchev–Trinajstić information content (AvgIpc) is 2.77. The number of aromatic nitrogens is 2. The quantitative estimate of drug-likeness (QED) is 0.553. The van der Waals surface area contributed by atoms with E-state index in [0.29, 0.717) is 5.39 Å². The normalized spacial score (nSPS) is 15.7. The smallest absolute Gasteiger partial charge is 0.261 e. The van der Waals surface area contributed by atoms with E-state index in [2.05, 4.69) is 45.1 Å². The van der Waals surface area contributed by atoms with Crippen molar-refractivity contribution < 1.29 is 0 Å². The molecule has 0 unspecified atom stereocenters. The lowest BCUT2D eigenvalue weighted by molar-refractivity contribution is 0.125. The standard InChI is InChI=1S/C24H30N4O/c29-24-22-11-5-6-12-23(22)25-20-28(24)14-8-2-7-13-26-15-17-27(18-16-26)19-21-9-3-1-4-10-21/h1,3-6,9-12,20H,2,7-8,13-19H2. The van der Waals surface area contributed by atoms with E-state index in [1.54, 1.807) is 10.9 Å². The minimum absolute atomic E-state index is 0.0742. The molecule has 1 aliphatic heterocycles. The molecular formula is C24H30N4O. The van der Waals surface area contributed by atoms with Gasteiger partial charge >= 0.3 is 0 Å². The summed E-state index contributed by atoms with van der Waals surface area (Å²) in [6.07, 6.45) is 5.04. The first-order chi connectivity index (χ1) is 14.3. The maximum absolute atomic E-state index is 12.5. The van der Waals surface area contributed by atoms with Gasteiger partial charge in [-0.3, -0.25) is 14.3 Å². The van der Waals surface area contributed by atoms with Gasteiger partial charge in [0.1, 0.15) is 0 Å². The number of rotatable bonds is 8. The summed E-state index contributed by atoms with van der Waals surface area (Å²) in [7, 11) is 0. The van der Waals surface area contributed by atoms with Crippen molar-refractivity contribution in [1.29, 1.82) is 0 Å². The van der Waals surface area contributed by atoms with Crippen LogP contribution in [0, 0.1) is 0 Å². The Labute approximate surface area is 172 Å². The SMILES string of the molecule is O=c1c2ccccc2ncn1CCCCCN1CCN(Cc2ccccc2)CC1. The third-order valence-corrected chi connectivity index (χ3v) is 5.82. The summed E-state index contributed by atoms with van der Waals surface area (Å²) < 4.78 is 1.75. The molecule has 0 saturated carbocycles. The number of hydrogen-bond acceptors (Lipinski definition) is 4. The van der Waals surface area contributed by atoms with E-state index in [-0.39, 0.29) is 5.56 Å². The van der Waals surface area contributed by atoms with E-state index in [9.17, 15) is 4.79 Å².